The molecule has 0 unspecified atom stereocenters. The summed E-state index contributed by atoms with van der Waals surface area (Å²) in [5.74, 6) is 1.61. The van der Waals surface area contributed by atoms with Crippen molar-refractivity contribution < 1.29 is 4.79 Å². The van der Waals surface area contributed by atoms with Crippen molar-refractivity contribution in [2.24, 2.45) is 10.9 Å². The lowest BCUT2D eigenvalue weighted by Gasteiger charge is -2.18. The number of hydrogen-bond acceptors (Lipinski definition) is 2. The first kappa shape index (κ1) is 20.0. The zero-order valence-electron chi connectivity index (χ0n) is 15.5. The van der Waals surface area contributed by atoms with Crippen LogP contribution in [0.15, 0.2) is 35.3 Å². The van der Waals surface area contributed by atoms with Crippen LogP contribution in [0.4, 0.5) is 0 Å². The average molecular weight is 332 g/mol. The quantitative estimate of drug-likeness (QED) is 0.415. The van der Waals surface area contributed by atoms with E-state index in [1.807, 2.05) is 37.4 Å². The van der Waals surface area contributed by atoms with Crippen LogP contribution in [0.25, 0.3) is 0 Å². The van der Waals surface area contributed by atoms with Crippen LogP contribution in [-0.2, 0) is 11.3 Å². The summed E-state index contributed by atoms with van der Waals surface area (Å²) in [5, 5.41) is 6.48. The van der Waals surface area contributed by atoms with Crippen molar-refractivity contribution >= 4 is 11.9 Å². The zero-order chi connectivity index (χ0) is 17.8. The van der Waals surface area contributed by atoms with Crippen LogP contribution < -0.4 is 10.6 Å². The van der Waals surface area contributed by atoms with Gasteiger partial charge in [-0.05, 0) is 24.3 Å². The molecule has 2 N–H and O–H groups in total. The van der Waals surface area contributed by atoms with Gasteiger partial charge in [0.25, 0.3) is 0 Å². The molecule has 1 amide bonds. The molecule has 5 heteroatoms. The number of aliphatic imine (C=N–C) groups is 1. The van der Waals surface area contributed by atoms with Gasteiger partial charge in [-0.25, -0.2) is 0 Å². The minimum Gasteiger partial charge on any atom is -0.356 e. The Balaban J connectivity index is 2.23. The number of nitrogens with one attached hydrogen (secondary N) is 2. The van der Waals surface area contributed by atoms with Crippen LogP contribution in [-0.4, -0.2) is 44.0 Å². The van der Waals surface area contributed by atoms with E-state index in [1.54, 1.807) is 11.9 Å². The molecule has 0 spiro atoms. The summed E-state index contributed by atoms with van der Waals surface area (Å²) in [6, 6.07) is 10.0. The molecule has 0 aliphatic heterocycles. The Morgan fingerprint density at radius 3 is 2.46 bits per heavy atom. The van der Waals surface area contributed by atoms with E-state index in [1.165, 1.54) is 6.42 Å². The van der Waals surface area contributed by atoms with Crippen LogP contribution in [0.2, 0.25) is 0 Å². The second kappa shape index (κ2) is 11.5. The molecule has 0 saturated heterocycles. The van der Waals surface area contributed by atoms with E-state index in [-0.39, 0.29) is 5.91 Å². The SMILES string of the molecule is CN=C(NCCCC(C)C)NCCC(=O)N(C)Cc1ccccc1. The fourth-order valence-electron chi connectivity index (χ4n) is 2.36. The normalized spacial score (nSPS) is 11.5. The van der Waals surface area contributed by atoms with E-state index in [0.717, 1.165) is 30.4 Å². The summed E-state index contributed by atoms with van der Waals surface area (Å²) >= 11 is 0. The van der Waals surface area contributed by atoms with Crippen molar-refractivity contribution in [1.29, 1.82) is 0 Å². The Morgan fingerprint density at radius 2 is 1.83 bits per heavy atom. The first-order chi connectivity index (χ1) is 11.5. The lowest BCUT2D eigenvalue weighted by molar-refractivity contribution is -0.130. The molecule has 5 nitrogen and oxygen atoms in total. The van der Waals surface area contributed by atoms with Crippen LogP contribution in [0.5, 0.6) is 0 Å². The summed E-state index contributed by atoms with van der Waals surface area (Å²) in [5.41, 5.74) is 1.14. The third-order valence-corrected chi connectivity index (χ3v) is 3.79. The van der Waals surface area contributed by atoms with Crippen LogP contribution in [0.1, 0.15) is 38.7 Å². The van der Waals surface area contributed by atoms with Crippen molar-refractivity contribution in [3.63, 3.8) is 0 Å². The van der Waals surface area contributed by atoms with Crippen LogP contribution >= 0.6 is 0 Å². The first-order valence-electron chi connectivity index (χ1n) is 8.75. The summed E-state index contributed by atoms with van der Waals surface area (Å²) in [7, 11) is 3.59. The van der Waals surface area contributed by atoms with Crippen molar-refractivity contribution in [2.45, 2.75) is 39.7 Å². The fourth-order valence-corrected chi connectivity index (χ4v) is 2.36. The second-order valence-electron chi connectivity index (χ2n) is 6.45. The van der Waals surface area contributed by atoms with Gasteiger partial charge < -0.3 is 15.5 Å². The standard InChI is InChI=1S/C19H32N4O/c1-16(2)9-8-13-21-19(20-3)22-14-12-18(24)23(4)15-17-10-6-5-7-11-17/h5-7,10-11,16H,8-9,12-15H2,1-4H3,(H2,20,21,22). The van der Waals surface area contributed by atoms with E-state index < -0.39 is 0 Å². The highest BCUT2D eigenvalue weighted by Gasteiger charge is 2.09. The second-order valence-corrected chi connectivity index (χ2v) is 6.45. The first-order valence-corrected chi connectivity index (χ1v) is 8.75. The maximum Gasteiger partial charge on any atom is 0.224 e. The van der Waals surface area contributed by atoms with Gasteiger partial charge in [0.1, 0.15) is 0 Å². The van der Waals surface area contributed by atoms with Crippen molar-refractivity contribution in [3.8, 4) is 0 Å². The Morgan fingerprint density at radius 1 is 1.17 bits per heavy atom. The van der Waals surface area contributed by atoms with Crippen LogP contribution in [0, 0.1) is 5.92 Å². The van der Waals surface area contributed by atoms with Gasteiger partial charge in [0.2, 0.25) is 5.91 Å². The molecule has 0 aliphatic carbocycles. The smallest absolute Gasteiger partial charge is 0.224 e. The molecule has 24 heavy (non-hydrogen) atoms. The molecule has 1 rings (SSSR count). The van der Waals surface area contributed by atoms with Crippen LogP contribution in [0.3, 0.4) is 0 Å². The highest BCUT2D eigenvalue weighted by molar-refractivity contribution is 5.81. The number of carbonyl (C=O) groups is 1. The molecule has 0 aliphatic rings. The molecule has 134 valence electrons. The molecular formula is C19H32N4O. The van der Waals surface area contributed by atoms with Gasteiger partial charge >= 0.3 is 0 Å². The predicted octanol–water partition coefficient (Wildman–Crippen LogP) is 2.64. The molecule has 1 aromatic rings. The highest BCUT2D eigenvalue weighted by atomic mass is 16.2. The number of rotatable bonds is 9. The minimum atomic E-state index is 0.126. The number of guanidine groups is 1. The van der Waals surface area contributed by atoms with E-state index in [4.69, 9.17) is 0 Å². The number of benzene rings is 1. The number of carbonyl (C=O) groups excluding carboxylic acids is 1. The van der Waals surface area contributed by atoms with Crippen molar-refractivity contribution in [3.05, 3.63) is 35.9 Å². The third-order valence-electron chi connectivity index (χ3n) is 3.79. The molecule has 0 aromatic heterocycles. The Kier molecular flexibility index (Phi) is 9.58. The largest absolute Gasteiger partial charge is 0.356 e. The summed E-state index contributed by atoms with van der Waals surface area (Å²) in [4.78, 5) is 18.1. The molecule has 0 atom stereocenters. The zero-order valence-corrected chi connectivity index (χ0v) is 15.5. The number of hydrogen-bond donors (Lipinski definition) is 2. The van der Waals surface area contributed by atoms with E-state index in [0.29, 0.717) is 19.5 Å². The summed E-state index contributed by atoms with van der Waals surface area (Å²) < 4.78 is 0. The predicted molar refractivity (Wildman–Crippen MR) is 101 cm³/mol. The fraction of sp³-hybridized carbons (Fsp3) is 0.579. The molecule has 0 saturated carbocycles. The lowest BCUT2D eigenvalue weighted by Crippen LogP contribution is -2.39. The molecule has 0 heterocycles. The summed E-state index contributed by atoms with van der Waals surface area (Å²) in [6.45, 7) is 6.58. The van der Waals surface area contributed by atoms with Crippen molar-refractivity contribution in [1.82, 2.24) is 15.5 Å². The van der Waals surface area contributed by atoms with Gasteiger partial charge in [-0.2, -0.15) is 0 Å². The summed E-state index contributed by atoms with van der Waals surface area (Å²) in [6.07, 6.45) is 2.78. The van der Waals surface area contributed by atoms with E-state index >= 15 is 0 Å². The highest BCUT2D eigenvalue weighted by Crippen LogP contribution is 2.04. The molecular weight excluding hydrogens is 300 g/mol. The van der Waals surface area contributed by atoms with Gasteiger partial charge in [-0.3, -0.25) is 9.79 Å². The van der Waals surface area contributed by atoms with Crippen molar-refractivity contribution in [2.75, 3.05) is 27.2 Å². The third kappa shape index (κ3) is 8.56. The number of amides is 1. The maximum atomic E-state index is 12.2. The monoisotopic (exact) mass is 332 g/mol. The van der Waals surface area contributed by atoms with E-state index in [9.17, 15) is 4.79 Å². The molecule has 0 fully saturated rings. The Bertz CT molecular complexity index is 499. The molecule has 0 radical (unpaired) electrons. The lowest BCUT2D eigenvalue weighted by atomic mass is 10.1. The van der Waals surface area contributed by atoms with Gasteiger partial charge in [-0.15, -0.1) is 0 Å². The molecule has 0 bridgehead atoms. The van der Waals surface area contributed by atoms with Gasteiger partial charge in [0.05, 0.1) is 0 Å². The van der Waals surface area contributed by atoms with E-state index in [2.05, 4.69) is 29.5 Å². The molecule has 1 aromatic carbocycles. The number of nitrogens with zero attached hydrogens (tertiary/aromatic N) is 2. The Labute approximate surface area is 146 Å². The van der Waals surface area contributed by atoms with Gasteiger partial charge in [0.15, 0.2) is 5.96 Å². The maximum absolute atomic E-state index is 12.2. The topological polar surface area (TPSA) is 56.7 Å². The minimum absolute atomic E-state index is 0.126. The average Bonchev–Trinajstić information content (AvgIpc) is 2.57. The van der Waals surface area contributed by atoms with Gasteiger partial charge in [0, 0.05) is 40.2 Å². The Hall–Kier alpha value is -2.04. The van der Waals surface area contributed by atoms with Gasteiger partial charge in [-0.1, -0.05) is 44.2 Å².